The SMILES string of the molecule is C[C@H](CCCC1CCCC1)C[C@H](CN)C(=O)O. The van der Waals surface area contributed by atoms with Crippen LogP contribution in [-0.2, 0) is 4.79 Å². The molecule has 1 saturated carbocycles. The molecule has 2 atom stereocenters. The maximum absolute atomic E-state index is 10.9. The van der Waals surface area contributed by atoms with Crippen molar-refractivity contribution < 1.29 is 9.90 Å². The Hall–Kier alpha value is -0.570. The Labute approximate surface area is 105 Å². The first-order valence-corrected chi connectivity index (χ1v) is 7.06. The van der Waals surface area contributed by atoms with Crippen molar-refractivity contribution in [2.75, 3.05) is 6.54 Å². The highest BCUT2D eigenvalue weighted by molar-refractivity contribution is 5.70. The first-order valence-electron chi connectivity index (χ1n) is 7.06. The highest BCUT2D eigenvalue weighted by atomic mass is 16.4. The fourth-order valence-electron chi connectivity index (χ4n) is 2.96. The molecule has 0 bridgehead atoms. The number of hydrogen-bond acceptors (Lipinski definition) is 2. The molecule has 0 aliphatic heterocycles. The fourth-order valence-corrected chi connectivity index (χ4v) is 2.96. The third-order valence-electron chi connectivity index (χ3n) is 4.10. The molecular formula is C14H27NO2. The summed E-state index contributed by atoms with van der Waals surface area (Å²) in [7, 11) is 0. The van der Waals surface area contributed by atoms with Crippen LogP contribution >= 0.6 is 0 Å². The largest absolute Gasteiger partial charge is 0.481 e. The van der Waals surface area contributed by atoms with E-state index in [4.69, 9.17) is 10.8 Å². The molecule has 1 aliphatic carbocycles. The highest BCUT2D eigenvalue weighted by Crippen LogP contribution is 2.30. The molecule has 0 radical (unpaired) electrons. The van der Waals surface area contributed by atoms with Crippen LogP contribution in [0.1, 0.15) is 58.3 Å². The lowest BCUT2D eigenvalue weighted by molar-refractivity contribution is -0.141. The minimum atomic E-state index is -0.741. The smallest absolute Gasteiger partial charge is 0.307 e. The molecule has 0 aromatic carbocycles. The van der Waals surface area contributed by atoms with Crippen LogP contribution in [0, 0.1) is 17.8 Å². The van der Waals surface area contributed by atoms with Crippen molar-refractivity contribution in [3.63, 3.8) is 0 Å². The third-order valence-corrected chi connectivity index (χ3v) is 4.10. The van der Waals surface area contributed by atoms with Gasteiger partial charge in [-0.25, -0.2) is 0 Å². The van der Waals surface area contributed by atoms with Crippen molar-refractivity contribution >= 4 is 5.97 Å². The van der Waals surface area contributed by atoms with Crippen molar-refractivity contribution in [2.45, 2.75) is 58.3 Å². The van der Waals surface area contributed by atoms with Crippen LogP contribution in [0.15, 0.2) is 0 Å². The van der Waals surface area contributed by atoms with Gasteiger partial charge in [0.1, 0.15) is 0 Å². The molecule has 0 amide bonds. The summed E-state index contributed by atoms with van der Waals surface area (Å²) in [4.78, 5) is 10.9. The van der Waals surface area contributed by atoms with Crippen LogP contribution < -0.4 is 5.73 Å². The van der Waals surface area contributed by atoms with Crippen LogP contribution in [0.5, 0.6) is 0 Å². The monoisotopic (exact) mass is 241 g/mol. The van der Waals surface area contributed by atoms with E-state index in [-0.39, 0.29) is 12.5 Å². The fraction of sp³-hybridized carbons (Fsp3) is 0.929. The predicted octanol–water partition coefficient (Wildman–Crippen LogP) is 3.03. The molecular weight excluding hydrogens is 214 g/mol. The van der Waals surface area contributed by atoms with Gasteiger partial charge >= 0.3 is 5.97 Å². The van der Waals surface area contributed by atoms with Crippen molar-refractivity contribution in [2.24, 2.45) is 23.5 Å². The lowest BCUT2D eigenvalue weighted by Crippen LogP contribution is -2.25. The van der Waals surface area contributed by atoms with E-state index in [0.29, 0.717) is 5.92 Å². The first-order chi connectivity index (χ1) is 8.13. The molecule has 0 unspecified atom stereocenters. The van der Waals surface area contributed by atoms with Gasteiger partial charge in [0.05, 0.1) is 5.92 Å². The van der Waals surface area contributed by atoms with Gasteiger partial charge < -0.3 is 10.8 Å². The lowest BCUT2D eigenvalue weighted by atomic mass is 9.90. The van der Waals surface area contributed by atoms with E-state index in [2.05, 4.69) is 6.92 Å². The second-order valence-electron chi connectivity index (χ2n) is 5.69. The molecule has 100 valence electrons. The number of nitrogens with two attached hydrogens (primary N) is 1. The molecule has 0 saturated heterocycles. The summed E-state index contributed by atoms with van der Waals surface area (Å²) >= 11 is 0. The van der Waals surface area contributed by atoms with Crippen LogP contribution in [0.25, 0.3) is 0 Å². The van der Waals surface area contributed by atoms with Crippen molar-refractivity contribution in [3.05, 3.63) is 0 Å². The quantitative estimate of drug-likeness (QED) is 0.686. The minimum absolute atomic E-state index is 0.266. The number of rotatable bonds is 8. The average Bonchev–Trinajstić information content (AvgIpc) is 2.78. The summed E-state index contributed by atoms with van der Waals surface area (Å²) < 4.78 is 0. The van der Waals surface area contributed by atoms with E-state index in [1.165, 1.54) is 38.5 Å². The Bertz CT molecular complexity index is 224. The summed E-state index contributed by atoms with van der Waals surface area (Å²) in [5.74, 6) is 0.347. The molecule has 17 heavy (non-hydrogen) atoms. The zero-order chi connectivity index (χ0) is 12.7. The molecule has 0 aromatic heterocycles. The van der Waals surface area contributed by atoms with Crippen LogP contribution in [0.2, 0.25) is 0 Å². The van der Waals surface area contributed by atoms with E-state index in [0.717, 1.165) is 18.8 Å². The summed E-state index contributed by atoms with van der Waals surface area (Å²) in [6.07, 6.45) is 10.1. The zero-order valence-electron chi connectivity index (χ0n) is 11.0. The van der Waals surface area contributed by atoms with Crippen molar-refractivity contribution in [1.82, 2.24) is 0 Å². The Morgan fingerprint density at radius 2 is 2.06 bits per heavy atom. The second-order valence-corrected chi connectivity index (χ2v) is 5.69. The average molecular weight is 241 g/mol. The number of hydrogen-bond donors (Lipinski definition) is 2. The normalized spacial score (nSPS) is 20.4. The lowest BCUT2D eigenvalue weighted by Gasteiger charge is -2.17. The van der Waals surface area contributed by atoms with Crippen molar-refractivity contribution in [3.8, 4) is 0 Å². The zero-order valence-corrected chi connectivity index (χ0v) is 11.0. The van der Waals surface area contributed by atoms with Crippen LogP contribution in [-0.4, -0.2) is 17.6 Å². The van der Waals surface area contributed by atoms with Crippen molar-refractivity contribution in [1.29, 1.82) is 0 Å². The highest BCUT2D eigenvalue weighted by Gasteiger charge is 2.19. The Kier molecular flexibility index (Phi) is 6.56. The van der Waals surface area contributed by atoms with Crippen LogP contribution in [0.4, 0.5) is 0 Å². The topological polar surface area (TPSA) is 63.3 Å². The molecule has 0 spiro atoms. The molecule has 3 N–H and O–H groups in total. The summed E-state index contributed by atoms with van der Waals surface area (Å²) in [6, 6.07) is 0. The number of carboxylic acid groups (broad SMARTS) is 1. The first kappa shape index (κ1) is 14.5. The van der Waals surface area contributed by atoms with Gasteiger partial charge in [0, 0.05) is 6.54 Å². The second kappa shape index (κ2) is 7.70. The molecule has 0 aromatic rings. The van der Waals surface area contributed by atoms with E-state index in [1.54, 1.807) is 0 Å². The van der Waals surface area contributed by atoms with Gasteiger partial charge in [-0.3, -0.25) is 4.79 Å². The van der Waals surface area contributed by atoms with E-state index in [1.807, 2.05) is 0 Å². The molecule has 0 heterocycles. The summed E-state index contributed by atoms with van der Waals surface area (Å²) in [5.41, 5.74) is 5.47. The van der Waals surface area contributed by atoms with E-state index >= 15 is 0 Å². The standard InChI is InChI=1S/C14H27NO2/c1-11(9-13(10-15)14(16)17)5-4-8-12-6-2-3-7-12/h11-13H,2-10,15H2,1H3,(H,16,17)/t11-,13-/m1/s1. The van der Waals surface area contributed by atoms with Gasteiger partial charge in [0.15, 0.2) is 0 Å². The molecule has 1 aliphatic rings. The van der Waals surface area contributed by atoms with Gasteiger partial charge in [-0.1, -0.05) is 51.9 Å². The summed E-state index contributed by atoms with van der Waals surface area (Å²) in [5, 5.41) is 8.94. The Balaban J connectivity index is 2.11. The third kappa shape index (κ3) is 5.53. The molecule has 3 nitrogen and oxygen atoms in total. The molecule has 1 fully saturated rings. The number of aliphatic carboxylic acids is 1. The molecule has 3 heteroatoms. The van der Waals surface area contributed by atoms with Gasteiger partial charge in [-0.2, -0.15) is 0 Å². The Morgan fingerprint density at radius 3 is 2.59 bits per heavy atom. The van der Waals surface area contributed by atoms with Gasteiger partial charge in [-0.15, -0.1) is 0 Å². The van der Waals surface area contributed by atoms with E-state index < -0.39 is 5.97 Å². The maximum atomic E-state index is 10.9. The van der Waals surface area contributed by atoms with Crippen LogP contribution in [0.3, 0.4) is 0 Å². The maximum Gasteiger partial charge on any atom is 0.307 e. The number of carboxylic acids is 1. The minimum Gasteiger partial charge on any atom is -0.481 e. The summed E-state index contributed by atoms with van der Waals surface area (Å²) in [6.45, 7) is 2.42. The van der Waals surface area contributed by atoms with Gasteiger partial charge in [0.2, 0.25) is 0 Å². The Morgan fingerprint density at radius 1 is 1.41 bits per heavy atom. The molecule has 1 rings (SSSR count). The predicted molar refractivity (Wildman–Crippen MR) is 69.8 cm³/mol. The van der Waals surface area contributed by atoms with E-state index in [9.17, 15) is 4.79 Å². The number of carbonyl (C=O) groups is 1. The van der Waals surface area contributed by atoms with Gasteiger partial charge in [0.25, 0.3) is 0 Å². The van der Waals surface area contributed by atoms with Gasteiger partial charge in [-0.05, 0) is 18.3 Å².